The van der Waals surface area contributed by atoms with Gasteiger partial charge in [-0.25, -0.2) is 4.79 Å². The lowest BCUT2D eigenvalue weighted by Crippen LogP contribution is -2.28. The molecule has 10 heteroatoms. The number of aromatic nitrogens is 4. The molecule has 1 amide bonds. The number of carbonyl (C=O) groups is 1. The molecule has 4 rings (SSSR count). The van der Waals surface area contributed by atoms with Crippen LogP contribution in [0.3, 0.4) is 0 Å². The van der Waals surface area contributed by atoms with Crippen molar-refractivity contribution in [1.82, 2.24) is 19.3 Å². The maximum atomic E-state index is 12.4. The third-order valence-electron chi connectivity index (χ3n) is 3.92. The molecule has 0 atom stereocenters. The Morgan fingerprint density at radius 2 is 2.00 bits per heavy atom. The summed E-state index contributed by atoms with van der Waals surface area (Å²) in [5, 5.41) is 13.3. The van der Waals surface area contributed by atoms with E-state index >= 15 is 0 Å². The van der Waals surface area contributed by atoms with Crippen molar-refractivity contribution in [1.29, 1.82) is 0 Å². The molecule has 0 unspecified atom stereocenters. The number of hydrogen-bond donors (Lipinski definition) is 1. The van der Waals surface area contributed by atoms with E-state index in [-0.39, 0.29) is 18.1 Å². The number of thiophene rings is 1. The van der Waals surface area contributed by atoms with Crippen LogP contribution in [0, 0.1) is 0 Å². The van der Waals surface area contributed by atoms with Crippen LogP contribution in [0.4, 0.5) is 5.13 Å². The highest BCUT2D eigenvalue weighted by Crippen LogP contribution is 2.29. The van der Waals surface area contributed by atoms with Gasteiger partial charge in [-0.1, -0.05) is 41.3 Å². The minimum Gasteiger partial charge on any atom is -0.299 e. The van der Waals surface area contributed by atoms with Crippen molar-refractivity contribution in [3.8, 4) is 0 Å². The number of nitrogens with one attached hydrogen (secondary N) is 1. The topological polar surface area (TPSA) is 81.8 Å². The quantitative estimate of drug-likeness (QED) is 0.385. The summed E-state index contributed by atoms with van der Waals surface area (Å²) < 4.78 is 3.78. The molecule has 27 heavy (non-hydrogen) atoms. The van der Waals surface area contributed by atoms with Crippen molar-refractivity contribution in [3.63, 3.8) is 0 Å². The Bertz CT molecular complexity index is 1140. The number of aryl methyl sites for hydroxylation is 1. The molecule has 0 saturated carbocycles. The van der Waals surface area contributed by atoms with Gasteiger partial charge in [0, 0.05) is 17.7 Å². The zero-order chi connectivity index (χ0) is 18.8. The van der Waals surface area contributed by atoms with Crippen molar-refractivity contribution in [2.45, 2.75) is 16.6 Å². The van der Waals surface area contributed by atoms with Crippen LogP contribution in [0.25, 0.3) is 11.0 Å². The smallest absolute Gasteiger partial charge is 0.299 e. The summed E-state index contributed by atoms with van der Waals surface area (Å²) in [5.74, 6) is 0.519. The molecule has 1 N–H and O–H groups in total. The minimum absolute atomic E-state index is 0.0720. The first-order valence-electron chi connectivity index (χ1n) is 8.04. The van der Waals surface area contributed by atoms with Gasteiger partial charge in [0.15, 0.2) is 4.34 Å². The van der Waals surface area contributed by atoms with Gasteiger partial charge in [-0.15, -0.1) is 21.5 Å². The van der Waals surface area contributed by atoms with E-state index < -0.39 is 0 Å². The Kier molecular flexibility index (Phi) is 5.10. The fourth-order valence-corrected chi connectivity index (χ4v) is 5.21. The van der Waals surface area contributed by atoms with Gasteiger partial charge in [0.05, 0.1) is 11.0 Å². The van der Waals surface area contributed by atoms with Crippen LogP contribution in [0.5, 0.6) is 0 Å². The second-order valence-electron chi connectivity index (χ2n) is 5.71. The van der Waals surface area contributed by atoms with Crippen molar-refractivity contribution < 1.29 is 4.79 Å². The zero-order valence-electron chi connectivity index (χ0n) is 14.3. The molecule has 4 aromatic rings. The lowest BCUT2D eigenvalue weighted by molar-refractivity contribution is -0.116. The van der Waals surface area contributed by atoms with Gasteiger partial charge in [0.25, 0.3) is 0 Å². The number of anilines is 1. The number of para-hydroxylation sites is 2. The van der Waals surface area contributed by atoms with Gasteiger partial charge in [0.2, 0.25) is 11.0 Å². The van der Waals surface area contributed by atoms with E-state index in [4.69, 9.17) is 0 Å². The van der Waals surface area contributed by atoms with Gasteiger partial charge in [-0.05, 0) is 23.6 Å². The fourth-order valence-electron chi connectivity index (χ4n) is 2.66. The highest BCUT2D eigenvalue weighted by Gasteiger charge is 2.15. The van der Waals surface area contributed by atoms with Crippen molar-refractivity contribution in [3.05, 3.63) is 57.1 Å². The largest absolute Gasteiger partial charge is 0.329 e. The maximum absolute atomic E-state index is 12.4. The second-order valence-corrected chi connectivity index (χ2v) is 8.94. The summed E-state index contributed by atoms with van der Waals surface area (Å²) in [5.41, 5.74) is 1.29. The van der Waals surface area contributed by atoms with E-state index in [2.05, 4.69) is 21.6 Å². The monoisotopic (exact) mass is 417 g/mol. The molecule has 138 valence electrons. The Balaban J connectivity index is 1.43. The van der Waals surface area contributed by atoms with E-state index in [1.165, 1.54) is 25.3 Å². The third kappa shape index (κ3) is 3.82. The standard InChI is InChI=1S/C17H15N5O2S3/c1-21-12-6-2-3-7-13(12)22(17(21)24)9-14(23)18-15-19-20-16(27-15)26-10-11-5-4-8-25-11/h2-8H,9-10H2,1H3,(H,18,19,23). The van der Waals surface area contributed by atoms with E-state index in [1.807, 2.05) is 35.7 Å². The van der Waals surface area contributed by atoms with Crippen molar-refractivity contribution in [2.75, 3.05) is 5.32 Å². The molecule has 0 bridgehead atoms. The highest BCUT2D eigenvalue weighted by molar-refractivity contribution is 8.00. The van der Waals surface area contributed by atoms with E-state index in [1.54, 1.807) is 30.1 Å². The summed E-state index contributed by atoms with van der Waals surface area (Å²) >= 11 is 4.61. The molecule has 0 aliphatic heterocycles. The van der Waals surface area contributed by atoms with Gasteiger partial charge in [0.1, 0.15) is 6.54 Å². The predicted octanol–water partition coefficient (Wildman–Crippen LogP) is 3.18. The fraction of sp³-hybridized carbons (Fsp3) is 0.176. The van der Waals surface area contributed by atoms with Crippen molar-refractivity contribution in [2.24, 2.45) is 7.05 Å². The normalized spacial score (nSPS) is 11.1. The van der Waals surface area contributed by atoms with Crippen LogP contribution in [0.1, 0.15) is 4.88 Å². The molecule has 0 spiro atoms. The third-order valence-corrected chi connectivity index (χ3v) is 7.00. The number of rotatable bonds is 6. The van der Waals surface area contributed by atoms with Gasteiger partial charge >= 0.3 is 5.69 Å². The Hall–Kier alpha value is -2.43. The lowest BCUT2D eigenvalue weighted by atomic mass is 10.3. The van der Waals surface area contributed by atoms with Gasteiger partial charge in [-0.3, -0.25) is 19.2 Å². The number of amides is 1. The molecule has 3 heterocycles. The van der Waals surface area contributed by atoms with Crippen LogP contribution < -0.4 is 11.0 Å². The molecule has 1 aromatic carbocycles. The first-order chi connectivity index (χ1) is 13.1. The summed E-state index contributed by atoms with van der Waals surface area (Å²) in [6.45, 7) is -0.0720. The Morgan fingerprint density at radius 1 is 1.19 bits per heavy atom. The summed E-state index contributed by atoms with van der Waals surface area (Å²) in [6.07, 6.45) is 0. The van der Waals surface area contributed by atoms with Crippen molar-refractivity contribution >= 4 is 56.5 Å². The maximum Gasteiger partial charge on any atom is 0.329 e. The zero-order valence-corrected chi connectivity index (χ0v) is 16.7. The average Bonchev–Trinajstić information content (AvgIpc) is 3.39. The second kappa shape index (κ2) is 7.67. The first-order valence-corrected chi connectivity index (χ1v) is 10.7. The highest BCUT2D eigenvalue weighted by atomic mass is 32.2. The number of imidazole rings is 1. The molecular weight excluding hydrogens is 402 g/mol. The van der Waals surface area contributed by atoms with E-state index in [0.717, 1.165) is 21.1 Å². The SMILES string of the molecule is Cn1c(=O)n(CC(=O)Nc2nnc(SCc3cccs3)s2)c2ccccc21. The minimum atomic E-state index is -0.306. The number of benzene rings is 1. The number of carbonyl (C=O) groups excluding carboxylic acids is 1. The van der Waals surface area contributed by atoms with Crippen LogP contribution in [0.2, 0.25) is 0 Å². The molecule has 0 saturated heterocycles. The summed E-state index contributed by atoms with van der Waals surface area (Å²) in [7, 11) is 1.70. The summed E-state index contributed by atoms with van der Waals surface area (Å²) in [6, 6.07) is 11.5. The van der Waals surface area contributed by atoms with E-state index in [0.29, 0.717) is 5.13 Å². The number of hydrogen-bond acceptors (Lipinski definition) is 7. The lowest BCUT2D eigenvalue weighted by Gasteiger charge is -2.02. The predicted molar refractivity (Wildman–Crippen MR) is 110 cm³/mol. The van der Waals surface area contributed by atoms with Crippen LogP contribution in [-0.2, 0) is 24.1 Å². The van der Waals surface area contributed by atoms with E-state index in [9.17, 15) is 9.59 Å². The molecule has 7 nitrogen and oxygen atoms in total. The molecule has 0 radical (unpaired) electrons. The Morgan fingerprint density at radius 3 is 2.78 bits per heavy atom. The molecule has 3 aromatic heterocycles. The summed E-state index contributed by atoms with van der Waals surface area (Å²) in [4.78, 5) is 26.1. The molecule has 0 aliphatic carbocycles. The Labute approximate surface area is 166 Å². The van der Waals surface area contributed by atoms with Crippen LogP contribution in [-0.4, -0.2) is 25.2 Å². The van der Waals surface area contributed by atoms with Gasteiger partial charge < -0.3 is 0 Å². The first kappa shape index (κ1) is 18.0. The van der Waals surface area contributed by atoms with Crippen LogP contribution in [0.15, 0.2) is 50.9 Å². The molecule has 0 aliphatic rings. The molecular formula is C17H15N5O2S3. The van der Waals surface area contributed by atoms with Gasteiger partial charge in [-0.2, -0.15) is 0 Å². The average molecular weight is 418 g/mol. The number of fused-ring (bicyclic) bond motifs is 1. The van der Waals surface area contributed by atoms with Crippen LogP contribution >= 0.6 is 34.4 Å². The molecule has 0 fully saturated rings. The number of nitrogens with zero attached hydrogens (tertiary/aromatic N) is 4. The number of thioether (sulfide) groups is 1.